The van der Waals surface area contributed by atoms with Gasteiger partial charge in [-0.15, -0.1) is 0 Å². The lowest BCUT2D eigenvalue weighted by molar-refractivity contribution is -0.139. The molecule has 188 valence electrons. The van der Waals surface area contributed by atoms with Crippen molar-refractivity contribution >= 4 is 44.4 Å². The van der Waals surface area contributed by atoms with Crippen LogP contribution in [0.25, 0.3) is 10.9 Å². The summed E-state index contributed by atoms with van der Waals surface area (Å²) in [6.07, 6.45) is 2.18. The van der Waals surface area contributed by atoms with Gasteiger partial charge in [0, 0.05) is 35.6 Å². The summed E-state index contributed by atoms with van der Waals surface area (Å²) in [7, 11) is 0. The summed E-state index contributed by atoms with van der Waals surface area (Å²) >= 11 is 9.66. The highest BCUT2D eigenvalue weighted by atomic mass is 79.9. The first-order valence-electron chi connectivity index (χ1n) is 11.4. The second kappa shape index (κ2) is 11.8. The molecule has 36 heavy (non-hydrogen) atoms. The topological polar surface area (TPSA) is 83.6 Å². The number of carboxylic acid groups (broad SMARTS) is 1. The number of H-pyrrole nitrogens is 1. The maximum Gasteiger partial charge on any atom is 0.321 e. The molecule has 3 aromatic carbocycles. The van der Waals surface area contributed by atoms with E-state index in [-0.39, 0.29) is 11.6 Å². The lowest BCUT2D eigenvalue weighted by Crippen LogP contribution is -2.38. The summed E-state index contributed by atoms with van der Waals surface area (Å²) in [4.78, 5) is 15.2. The van der Waals surface area contributed by atoms with E-state index in [1.165, 1.54) is 12.1 Å². The van der Waals surface area contributed by atoms with Gasteiger partial charge in [0.1, 0.15) is 18.5 Å². The molecule has 0 amide bonds. The third-order valence-corrected chi connectivity index (χ3v) is 6.65. The molecule has 9 heteroatoms. The van der Waals surface area contributed by atoms with E-state index >= 15 is 0 Å². The summed E-state index contributed by atoms with van der Waals surface area (Å²) in [6, 6.07) is 14.8. The molecule has 0 saturated heterocycles. The van der Waals surface area contributed by atoms with Crippen LogP contribution in [0.5, 0.6) is 11.5 Å². The summed E-state index contributed by atoms with van der Waals surface area (Å²) in [5.74, 6) is -0.360. The number of para-hydroxylation sites is 1. The monoisotopic (exact) mass is 574 g/mol. The highest BCUT2D eigenvalue weighted by Crippen LogP contribution is 2.38. The minimum atomic E-state index is -0.930. The first-order valence-corrected chi connectivity index (χ1v) is 12.6. The molecule has 0 aliphatic rings. The van der Waals surface area contributed by atoms with Gasteiger partial charge in [-0.05, 0) is 64.3 Å². The number of fused-ring (bicyclic) bond motifs is 1. The fourth-order valence-corrected chi connectivity index (χ4v) is 4.75. The predicted molar refractivity (Wildman–Crippen MR) is 141 cm³/mol. The number of carboxylic acids is 1. The summed E-state index contributed by atoms with van der Waals surface area (Å²) in [5, 5.41) is 14.2. The van der Waals surface area contributed by atoms with E-state index in [4.69, 9.17) is 21.1 Å². The van der Waals surface area contributed by atoms with Crippen molar-refractivity contribution in [2.24, 2.45) is 0 Å². The minimum absolute atomic E-state index is 0.126. The Hall–Kier alpha value is -3.07. The number of benzene rings is 3. The van der Waals surface area contributed by atoms with E-state index in [1.54, 1.807) is 6.07 Å². The van der Waals surface area contributed by atoms with Crippen LogP contribution in [0.3, 0.4) is 0 Å². The van der Waals surface area contributed by atoms with E-state index in [1.807, 2.05) is 49.5 Å². The summed E-state index contributed by atoms with van der Waals surface area (Å²) in [5.41, 5.74) is 3.37. The van der Waals surface area contributed by atoms with Crippen molar-refractivity contribution in [2.75, 3.05) is 6.61 Å². The Morgan fingerprint density at radius 1 is 1.17 bits per heavy atom. The Morgan fingerprint density at radius 2 is 1.97 bits per heavy atom. The van der Waals surface area contributed by atoms with Gasteiger partial charge in [0.25, 0.3) is 0 Å². The molecule has 1 aromatic heterocycles. The zero-order chi connectivity index (χ0) is 25.7. The van der Waals surface area contributed by atoms with E-state index < -0.39 is 17.8 Å². The summed E-state index contributed by atoms with van der Waals surface area (Å²) < 4.78 is 25.7. The molecule has 0 unspecified atom stereocenters. The number of hydrogen-bond donors (Lipinski definition) is 3. The zero-order valence-corrected chi connectivity index (χ0v) is 21.8. The van der Waals surface area contributed by atoms with Gasteiger partial charge in [0.05, 0.1) is 16.1 Å². The molecule has 1 atom stereocenters. The normalized spacial score (nSPS) is 12.0. The van der Waals surface area contributed by atoms with Crippen LogP contribution < -0.4 is 14.8 Å². The quantitative estimate of drug-likeness (QED) is 0.191. The number of aromatic nitrogens is 1. The van der Waals surface area contributed by atoms with Gasteiger partial charge < -0.3 is 24.9 Å². The molecule has 1 heterocycles. The zero-order valence-electron chi connectivity index (χ0n) is 19.5. The van der Waals surface area contributed by atoms with Crippen LogP contribution in [0.2, 0.25) is 5.02 Å². The minimum Gasteiger partial charge on any atom is -0.490 e. The number of rotatable bonds is 11. The molecule has 6 nitrogen and oxygen atoms in total. The molecular weight excluding hydrogens is 551 g/mol. The average molecular weight is 576 g/mol. The molecule has 0 fully saturated rings. The van der Waals surface area contributed by atoms with Crippen LogP contribution in [-0.4, -0.2) is 28.7 Å². The molecule has 0 aliphatic heterocycles. The van der Waals surface area contributed by atoms with Gasteiger partial charge in [0.2, 0.25) is 0 Å². The van der Waals surface area contributed by atoms with Crippen molar-refractivity contribution in [1.82, 2.24) is 10.3 Å². The smallest absolute Gasteiger partial charge is 0.321 e. The van der Waals surface area contributed by atoms with Crippen molar-refractivity contribution in [1.29, 1.82) is 0 Å². The third-order valence-electron chi connectivity index (χ3n) is 5.71. The van der Waals surface area contributed by atoms with E-state index in [0.29, 0.717) is 41.1 Å². The molecule has 4 rings (SSSR count). The number of hydrogen-bond acceptors (Lipinski definition) is 4. The number of halogens is 3. The highest BCUT2D eigenvalue weighted by molar-refractivity contribution is 9.10. The molecule has 0 radical (unpaired) electrons. The standard InChI is InChI=1S/C27H25BrClFN2O4/c1-2-35-25-10-16(9-21(28)26(25)36-15-17-7-8-19(30)12-22(17)29)13-31-24(27(33)34)11-18-14-32-23-6-4-3-5-20(18)23/h3-10,12,14,24,31-32H,2,11,13,15H2,1H3,(H,33,34)/t24-/m0/s1. The first kappa shape index (κ1) is 26.0. The lowest BCUT2D eigenvalue weighted by Gasteiger charge is -2.18. The number of nitrogens with one attached hydrogen (secondary N) is 2. The van der Waals surface area contributed by atoms with Gasteiger partial charge in [-0.25, -0.2) is 4.39 Å². The van der Waals surface area contributed by atoms with Gasteiger partial charge in [0.15, 0.2) is 11.5 Å². The van der Waals surface area contributed by atoms with Crippen molar-refractivity contribution < 1.29 is 23.8 Å². The van der Waals surface area contributed by atoms with Crippen molar-refractivity contribution in [3.05, 3.63) is 92.8 Å². The van der Waals surface area contributed by atoms with Crippen LogP contribution in [-0.2, 0) is 24.4 Å². The SMILES string of the molecule is CCOc1cc(CN[C@@H](Cc2c[nH]c3ccccc23)C(=O)O)cc(Br)c1OCc1ccc(F)cc1Cl. The molecule has 3 N–H and O–H groups in total. The molecular formula is C27H25BrClFN2O4. The largest absolute Gasteiger partial charge is 0.490 e. The second-order valence-corrected chi connectivity index (χ2v) is 9.46. The van der Waals surface area contributed by atoms with Crippen LogP contribution in [0.4, 0.5) is 4.39 Å². The number of aromatic amines is 1. The third kappa shape index (κ3) is 6.19. The lowest BCUT2D eigenvalue weighted by atomic mass is 10.0. The Kier molecular flexibility index (Phi) is 8.51. The fraction of sp³-hybridized carbons (Fsp3) is 0.222. The second-order valence-electron chi connectivity index (χ2n) is 8.20. The summed E-state index contributed by atoms with van der Waals surface area (Å²) in [6.45, 7) is 2.71. The molecule has 0 bridgehead atoms. The van der Waals surface area contributed by atoms with Gasteiger partial charge in [-0.2, -0.15) is 0 Å². The average Bonchev–Trinajstić information content (AvgIpc) is 3.25. The first-order chi connectivity index (χ1) is 17.4. The Bertz CT molecular complexity index is 1380. The van der Waals surface area contributed by atoms with Gasteiger partial charge in [-0.1, -0.05) is 35.9 Å². The van der Waals surface area contributed by atoms with Crippen LogP contribution in [0, 0.1) is 5.82 Å². The number of ether oxygens (including phenoxy) is 2. The van der Waals surface area contributed by atoms with Crippen molar-refractivity contribution in [3.63, 3.8) is 0 Å². The Morgan fingerprint density at radius 3 is 2.72 bits per heavy atom. The van der Waals surface area contributed by atoms with Crippen LogP contribution in [0.15, 0.2) is 65.3 Å². The molecule has 0 saturated carbocycles. The van der Waals surface area contributed by atoms with Crippen molar-refractivity contribution in [3.8, 4) is 11.5 Å². The Labute approximate surface area is 221 Å². The Balaban J connectivity index is 1.48. The maximum absolute atomic E-state index is 13.3. The molecule has 4 aromatic rings. The van der Waals surface area contributed by atoms with E-state index in [9.17, 15) is 14.3 Å². The van der Waals surface area contributed by atoms with Gasteiger partial charge in [-0.3, -0.25) is 4.79 Å². The number of carbonyl (C=O) groups is 1. The predicted octanol–water partition coefficient (Wildman–Crippen LogP) is 6.49. The number of aliphatic carboxylic acids is 1. The molecule has 0 spiro atoms. The van der Waals surface area contributed by atoms with E-state index in [2.05, 4.69) is 26.2 Å². The van der Waals surface area contributed by atoms with E-state index in [0.717, 1.165) is 22.0 Å². The van der Waals surface area contributed by atoms with Crippen LogP contribution >= 0.6 is 27.5 Å². The van der Waals surface area contributed by atoms with Crippen LogP contribution in [0.1, 0.15) is 23.6 Å². The highest BCUT2D eigenvalue weighted by Gasteiger charge is 2.20. The fourth-order valence-electron chi connectivity index (χ4n) is 3.92. The van der Waals surface area contributed by atoms with Gasteiger partial charge >= 0.3 is 5.97 Å². The van der Waals surface area contributed by atoms with Crippen molar-refractivity contribution in [2.45, 2.75) is 32.5 Å². The maximum atomic E-state index is 13.3. The molecule has 0 aliphatic carbocycles.